The maximum Gasteiger partial charge on any atom is 0.407 e. The van der Waals surface area contributed by atoms with Crippen molar-refractivity contribution in [2.24, 2.45) is 0 Å². The minimum atomic E-state index is -0.667. The van der Waals surface area contributed by atoms with Crippen molar-refractivity contribution in [2.75, 3.05) is 34.8 Å². The molecule has 3 heterocycles. The quantitative estimate of drug-likeness (QED) is 0.288. The second-order valence-electron chi connectivity index (χ2n) is 11.1. The summed E-state index contributed by atoms with van der Waals surface area (Å²) in [5.41, 5.74) is 1.42. The molecule has 42 heavy (non-hydrogen) atoms. The number of alkyl carbamates (subject to hydrolysis) is 1. The lowest BCUT2D eigenvalue weighted by atomic mass is 10.1. The molecule has 10 nitrogen and oxygen atoms in total. The highest BCUT2D eigenvalue weighted by Gasteiger charge is 2.27. The van der Waals surface area contributed by atoms with E-state index in [-0.39, 0.29) is 42.8 Å². The van der Waals surface area contributed by atoms with E-state index in [2.05, 4.69) is 20.6 Å². The molecule has 4 rings (SSSR count). The number of pyridine rings is 2. The summed E-state index contributed by atoms with van der Waals surface area (Å²) in [6.07, 6.45) is 1.90. The van der Waals surface area contributed by atoms with Gasteiger partial charge in [0.15, 0.2) is 17.5 Å². The molecule has 0 radical (unpaired) electrons. The van der Waals surface area contributed by atoms with Gasteiger partial charge in [-0.15, -0.1) is 0 Å². The third-order valence-electron chi connectivity index (χ3n) is 6.56. The molecule has 1 aliphatic heterocycles. The Hall–Kier alpha value is -4.32. The maximum atomic E-state index is 15.4. The van der Waals surface area contributed by atoms with Gasteiger partial charge in [0.05, 0.1) is 30.6 Å². The Bertz CT molecular complexity index is 1400. The molecular weight excluding hydrogens is 546 g/mol. The molecule has 3 aromatic rings. The first kappa shape index (κ1) is 30.6. The number of hydrogen-bond donors (Lipinski definition) is 3. The molecular formula is C30H36F2N6O4. The summed E-state index contributed by atoms with van der Waals surface area (Å²) in [6, 6.07) is 10.9. The standard InChI is InChI=1S/C30H36F2N6O4/c1-30(2,3)42-29(41)35-16-25-21(7-5-11-33-25)17-38(19-39)26-15-24(32)28(37-13-10-23(40)18-37)36-27(26)34-12-9-20-6-4-8-22(31)14-20/h4-8,11,14-15,19,23,40H,9-10,12-13,16-18H2,1-3H3,(H,34,36)(H,35,41)/t23-/m1/s1. The van der Waals surface area contributed by atoms with Crippen LogP contribution in [0.3, 0.4) is 0 Å². The van der Waals surface area contributed by atoms with Crippen LogP contribution in [0, 0.1) is 11.6 Å². The fraction of sp³-hybridized carbons (Fsp3) is 0.400. The predicted octanol–water partition coefficient (Wildman–Crippen LogP) is 4.17. The van der Waals surface area contributed by atoms with Gasteiger partial charge < -0.3 is 30.3 Å². The van der Waals surface area contributed by atoms with Crippen LogP contribution < -0.4 is 20.4 Å². The highest BCUT2D eigenvalue weighted by Crippen LogP contribution is 2.32. The molecule has 1 fully saturated rings. The third kappa shape index (κ3) is 8.35. The lowest BCUT2D eigenvalue weighted by molar-refractivity contribution is -0.107. The van der Waals surface area contributed by atoms with E-state index >= 15 is 4.39 Å². The SMILES string of the molecule is CC(C)(C)OC(=O)NCc1ncccc1CN(C=O)c1cc(F)c(N2CC[C@@H](O)C2)nc1NCCc1cccc(F)c1. The molecule has 224 valence electrons. The maximum absolute atomic E-state index is 15.4. The van der Waals surface area contributed by atoms with Crippen molar-refractivity contribution < 1.29 is 28.2 Å². The number of ether oxygens (including phenoxy) is 1. The molecule has 2 aromatic heterocycles. The van der Waals surface area contributed by atoms with Crippen molar-refractivity contribution in [2.45, 2.75) is 58.4 Å². The zero-order valence-corrected chi connectivity index (χ0v) is 23.9. The van der Waals surface area contributed by atoms with Crippen LogP contribution in [-0.2, 0) is 29.0 Å². The van der Waals surface area contributed by atoms with Gasteiger partial charge in [-0.2, -0.15) is 0 Å². The number of aliphatic hydroxyl groups excluding tert-OH is 1. The molecule has 0 saturated carbocycles. The van der Waals surface area contributed by atoms with Crippen molar-refractivity contribution >= 4 is 29.8 Å². The number of benzene rings is 1. The second-order valence-corrected chi connectivity index (χ2v) is 11.1. The van der Waals surface area contributed by atoms with Gasteiger partial charge in [-0.05, 0) is 62.9 Å². The number of hydrogen-bond acceptors (Lipinski definition) is 8. The lowest BCUT2D eigenvalue weighted by Crippen LogP contribution is -2.33. The number of β-amino-alcohol motifs (C(OH)–C–C–N with tert-alkyl or cyclic N) is 1. The van der Waals surface area contributed by atoms with Crippen molar-refractivity contribution in [3.8, 4) is 0 Å². The summed E-state index contributed by atoms with van der Waals surface area (Å²) in [6.45, 7) is 6.37. The van der Waals surface area contributed by atoms with Gasteiger partial charge in [-0.25, -0.2) is 18.6 Å². The monoisotopic (exact) mass is 582 g/mol. The van der Waals surface area contributed by atoms with Crippen LogP contribution in [0.5, 0.6) is 0 Å². The van der Waals surface area contributed by atoms with Crippen LogP contribution in [0.4, 0.5) is 30.9 Å². The molecule has 1 aromatic carbocycles. The summed E-state index contributed by atoms with van der Waals surface area (Å²) >= 11 is 0. The Balaban J connectivity index is 1.58. The number of nitrogens with zero attached hydrogens (tertiary/aromatic N) is 4. The van der Waals surface area contributed by atoms with E-state index in [4.69, 9.17) is 4.74 Å². The van der Waals surface area contributed by atoms with Crippen molar-refractivity contribution in [3.63, 3.8) is 0 Å². The van der Waals surface area contributed by atoms with E-state index in [0.29, 0.717) is 43.6 Å². The normalized spacial score (nSPS) is 14.9. The fourth-order valence-electron chi connectivity index (χ4n) is 4.60. The molecule has 0 bridgehead atoms. The number of rotatable bonds is 11. The number of aromatic nitrogens is 2. The van der Waals surface area contributed by atoms with Crippen LogP contribution in [-0.4, -0.2) is 58.9 Å². The fourth-order valence-corrected chi connectivity index (χ4v) is 4.60. The van der Waals surface area contributed by atoms with E-state index in [0.717, 1.165) is 5.56 Å². The molecule has 2 amide bonds. The number of aliphatic hydroxyl groups is 1. The van der Waals surface area contributed by atoms with Gasteiger partial charge >= 0.3 is 6.09 Å². The van der Waals surface area contributed by atoms with Crippen LogP contribution in [0.25, 0.3) is 0 Å². The number of carbonyl (C=O) groups excluding carboxylic acids is 2. The Morgan fingerprint density at radius 3 is 2.74 bits per heavy atom. The zero-order chi connectivity index (χ0) is 30.3. The summed E-state index contributed by atoms with van der Waals surface area (Å²) in [4.78, 5) is 36.4. The second kappa shape index (κ2) is 13.6. The van der Waals surface area contributed by atoms with Gasteiger partial charge in [0.1, 0.15) is 11.4 Å². The highest BCUT2D eigenvalue weighted by atomic mass is 19.1. The van der Waals surface area contributed by atoms with Gasteiger partial charge in [-0.3, -0.25) is 9.78 Å². The number of halogens is 2. The minimum Gasteiger partial charge on any atom is -0.444 e. The van der Waals surface area contributed by atoms with Crippen LogP contribution in [0.1, 0.15) is 44.0 Å². The summed E-state index contributed by atoms with van der Waals surface area (Å²) in [5.74, 6) is -0.658. The molecule has 1 atom stereocenters. The Morgan fingerprint density at radius 2 is 2.05 bits per heavy atom. The third-order valence-corrected chi connectivity index (χ3v) is 6.56. The number of carbonyl (C=O) groups is 2. The van der Waals surface area contributed by atoms with Gasteiger partial charge in [0.25, 0.3) is 0 Å². The van der Waals surface area contributed by atoms with E-state index in [1.165, 1.54) is 23.1 Å². The first-order valence-electron chi connectivity index (χ1n) is 13.8. The van der Waals surface area contributed by atoms with E-state index in [9.17, 15) is 19.1 Å². The van der Waals surface area contributed by atoms with Crippen molar-refractivity contribution in [3.05, 3.63) is 77.1 Å². The van der Waals surface area contributed by atoms with E-state index in [1.807, 2.05) is 0 Å². The topological polar surface area (TPSA) is 120 Å². The first-order valence-corrected chi connectivity index (χ1v) is 13.8. The molecule has 0 unspecified atom stereocenters. The lowest BCUT2D eigenvalue weighted by Gasteiger charge is -2.25. The van der Waals surface area contributed by atoms with E-state index in [1.54, 1.807) is 56.1 Å². The number of anilines is 3. The largest absolute Gasteiger partial charge is 0.444 e. The zero-order valence-electron chi connectivity index (χ0n) is 23.9. The molecule has 0 spiro atoms. The molecule has 3 N–H and O–H groups in total. The summed E-state index contributed by atoms with van der Waals surface area (Å²) in [5, 5.41) is 15.8. The average molecular weight is 583 g/mol. The van der Waals surface area contributed by atoms with Gasteiger partial charge in [-0.1, -0.05) is 18.2 Å². The summed E-state index contributed by atoms with van der Waals surface area (Å²) in [7, 11) is 0. The average Bonchev–Trinajstić information content (AvgIpc) is 3.36. The van der Waals surface area contributed by atoms with Crippen LogP contribution in [0.15, 0.2) is 48.7 Å². The highest BCUT2D eigenvalue weighted by molar-refractivity contribution is 5.83. The summed E-state index contributed by atoms with van der Waals surface area (Å²) < 4.78 is 34.4. The van der Waals surface area contributed by atoms with E-state index < -0.39 is 23.6 Å². The van der Waals surface area contributed by atoms with Gasteiger partial charge in [0, 0.05) is 31.9 Å². The van der Waals surface area contributed by atoms with Crippen LogP contribution >= 0.6 is 0 Å². The molecule has 1 saturated heterocycles. The number of nitrogens with one attached hydrogen (secondary N) is 2. The van der Waals surface area contributed by atoms with Crippen LogP contribution in [0.2, 0.25) is 0 Å². The van der Waals surface area contributed by atoms with Crippen molar-refractivity contribution in [1.82, 2.24) is 15.3 Å². The molecule has 1 aliphatic rings. The van der Waals surface area contributed by atoms with Gasteiger partial charge in [0.2, 0.25) is 6.41 Å². The molecule has 12 heteroatoms. The van der Waals surface area contributed by atoms with Crippen molar-refractivity contribution in [1.29, 1.82) is 0 Å². The predicted molar refractivity (Wildman–Crippen MR) is 155 cm³/mol. The molecule has 0 aliphatic carbocycles. The smallest absolute Gasteiger partial charge is 0.407 e. The Labute approximate surface area is 243 Å². The first-order chi connectivity index (χ1) is 20.0. The Morgan fingerprint density at radius 1 is 1.24 bits per heavy atom. The number of amides is 2. The minimum absolute atomic E-state index is 0.0180. The Kier molecular flexibility index (Phi) is 9.89.